The van der Waals surface area contributed by atoms with E-state index in [2.05, 4.69) is 14.9 Å². The number of H-pyrrole nitrogens is 1. The van der Waals surface area contributed by atoms with Gasteiger partial charge in [0.25, 0.3) is 5.91 Å². The summed E-state index contributed by atoms with van der Waals surface area (Å²) in [6, 6.07) is 7.44. The molecule has 160 valence electrons. The lowest BCUT2D eigenvalue weighted by molar-refractivity contribution is -0.129. The zero-order valence-electron chi connectivity index (χ0n) is 17.9. The molecule has 3 fully saturated rings. The third-order valence-electron chi connectivity index (χ3n) is 7.67. The molecule has 2 aromatic rings. The van der Waals surface area contributed by atoms with Crippen LogP contribution >= 0.6 is 0 Å². The molecule has 1 unspecified atom stereocenters. The van der Waals surface area contributed by atoms with E-state index < -0.39 is 0 Å². The van der Waals surface area contributed by atoms with Crippen LogP contribution in [0.15, 0.2) is 24.3 Å². The van der Waals surface area contributed by atoms with Crippen LogP contribution in [0.3, 0.4) is 0 Å². The number of carbonyl (C=O) groups is 2. The minimum Gasteiger partial charge on any atom is -0.323 e. The summed E-state index contributed by atoms with van der Waals surface area (Å²) < 4.78 is 0. The average Bonchev–Trinajstić information content (AvgIpc) is 3.13. The zero-order chi connectivity index (χ0) is 20.7. The number of aromatic nitrogens is 2. The molecule has 2 heterocycles. The number of hydrogen-bond acceptors (Lipinski definition) is 4. The number of aromatic amines is 1. The standard InChI is InChI=1S/C24H32N4O2/c1-2-21(29)28(23-25-18-9-4-5-10-19(18)26-23)22(30)20-11-8-14-27(20)16-17-15-24(17)12-6-3-7-13-24/h4-5,9-10,17,20H,2-3,6-8,11-16H2,1H3,(H,25,26)/t17?,20-/m0/s1. The van der Waals surface area contributed by atoms with Crippen molar-refractivity contribution in [3.05, 3.63) is 24.3 Å². The second-order valence-corrected chi connectivity index (χ2v) is 9.48. The molecular formula is C24H32N4O2. The van der Waals surface area contributed by atoms with E-state index in [1.807, 2.05) is 24.3 Å². The maximum absolute atomic E-state index is 13.6. The third-order valence-corrected chi connectivity index (χ3v) is 7.67. The van der Waals surface area contributed by atoms with E-state index in [1.165, 1.54) is 43.4 Å². The Kier molecular flexibility index (Phi) is 5.13. The fourth-order valence-corrected chi connectivity index (χ4v) is 5.86. The first kappa shape index (κ1) is 19.7. The number of fused-ring (bicyclic) bond motifs is 1. The predicted molar refractivity (Wildman–Crippen MR) is 117 cm³/mol. The fraction of sp³-hybridized carbons (Fsp3) is 0.625. The number of para-hydroxylation sites is 2. The third kappa shape index (κ3) is 3.45. The number of hydrogen-bond donors (Lipinski definition) is 1. The normalized spacial score (nSPS) is 25.6. The molecule has 0 radical (unpaired) electrons. The Balaban J connectivity index is 1.35. The zero-order valence-corrected chi connectivity index (χ0v) is 17.9. The lowest BCUT2D eigenvalue weighted by atomic mass is 9.84. The Hall–Kier alpha value is -2.21. The minimum absolute atomic E-state index is 0.114. The molecular weight excluding hydrogens is 376 g/mol. The van der Waals surface area contributed by atoms with Crippen molar-refractivity contribution >= 4 is 28.8 Å². The summed E-state index contributed by atoms with van der Waals surface area (Å²) >= 11 is 0. The van der Waals surface area contributed by atoms with E-state index in [0.29, 0.717) is 11.4 Å². The Morgan fingerprint density at radius 3 is 2.77 bits per heavy atom. The van der Waals surface area contributed by atoms with Gasteiger partial charge < -0.3 is 4.98 Å². The lowest BCUT2D eigenvalue weighted by Crippen LogP contribution is -2.49. The van der Waals surface area contributed by atoms with Crippen LogP contribution in [0.25, 0.3) is 11.0 Å². The summed E-state index contributed by atoms with van der Waals surface area (Å²) in [4.78, 5) is 37.8. The van der Waals surface area contributed by atoms with Gasteiger partial charge in [0, 0.05) is 13.0 Å². The van der Waals surface area contributed by atoms with Crippen molar-refractivity contribution in [2.45, 2.75) is 70.8 Å². The van der Waals surface area contributed by atoms with Crippen molar-refractivity contribution < 1.29 is 9.59 Å². The highest BCUT2D eigenvalue weighted by Gasteiger charge is 2.54. The molecule has 2 atom stereocenters. The van der Waals surface area contributed by atoms with Gasteiger partial charge in [-0.1, -0.05) is 38.3 Å². The number of nitrogens with zero attached hydrogens (tertiary/aromatic N) is 3. The van der Waals surface area contributed by atoms with Crippen LogP contribution in [-0.4, -0.2) is 45.8 Å². The van der Waals surface area contributed by atoms with Gasteiger partial charge in [0.2, 0.25) is 11.9 Å². The minimum atomic E-state index is -0.213. The number of carbonyl (C=O) groups excluding carboxylic acids is 2. The summed E-state index contributed by atoms with van der Waals surface area (Å²) in [5.74, 6) is 0.778. The Bertz CT molecular complexity index is 913. The van der Waals surface area contributed by atoms with E-state index in [4.69, 9.17) is 0 Å². The van der Waals surface area contributed by atoms with E-state index >= 15 is 0 Å². The highest BCUT2D eigenvalue weighted by atomic mass is 16.2. The van der Waals surface area contributed by atoms with Crippen molar-refractivity contribution in [2.24, 2.45) is 11.3 Å². The number of anilines is 1. The first-order valence-corrected chi connectivity index (χ1v) is 11.7. The van der Waals surface area contributed by atoms with Gasteiger partial charge in [-0.25, -0.2) is 9.88 Å². The van der Waals surface area contributed by atoms with Gasteiger partial charge >= 0.3 is 0 Å². The monoisotopic (exact) mass is 408 g/mol. The molecule has 3 aliphatic rings. The number of likely N-dealkylation sites (tertiary alicyclic amines) is 1. The summed E-state index contributed by atoms with van der Waals surface area (Å²) in [6.07, 6.45) is 10.3. The molecule has 1 saturated heterocycles. The molecule has 2 saturated carbocycles. The molecule has 2 aliphatic carbocycles. The second-order valence-electron chi connectivity index (χ2n) is 9.48. The van der Waals surface area contributed by atoms with Crippen LogP contribution in [0.4, 0.5) is 5.95 Å². The summed E-state index contributed by atoms with van der Waals surface area (Å²) in [5, 5.41) is 0. The Morgan fingerprint density at radius 2 is 2.00 bits per heavy atom. The van der Waals surface area contributed by atoms with Crippen molar-refractivity contribution in [2.75, 3.05) is 18.0 Å². The van der Waals surface area contributed by atoms with Gasteiger partial charge in [-0.05, 0) is 62.1 Å². The van der Waals surface area contributed by atoms with Crippen molar-refractivity contribution in [1.82, 2.24) is 14.9 Å². The molecule has 1 aromatic heterocycles. The van der Waals surface area contributed by atoms with Crippen LogP contribution in [-0.2, 0) is 9.59 Å². The van der Waals surface area contributed by atoms with Gasteiger partial charge in [-0.15, -0.1) is 0 Å². The maximum Gasteiger partial charge on any atom is 0.253 e. The fourth-order valence-electron chi connectivity index (χ4n) is 5.86. The molecule has 6 heteroatoms. The van der Waals surface area contributed by atoms with Gasteiger partial charge in [-0.2, -0.15) is 0 Å². The number of benzene rings is 1. The van der Waals surface area contributed by atoms with Crippen molar-refractivity contribution in [3.8, 4) is 0 Å². The maximum atomic E-state index is 13.6. The number of imidazole rings is 1. The van der Waals surface area contributed by atoms with Crippen LogP contribution in [0.2, 0.25) is 0 Å². The number of nitrogens with one attached hydrogen (secondary N) is 1. The smallest absolute Gasteiger partial charge is 0.253 e. The molecule has 2 amide bonds. The molecule has 0 bridgehead atoms. The quantitative estimate of drug-likeness (QED) is 0.802. The predicted octanol–water partition coefficient (Wildman–Crippen LogP) is 4.27. The van der Waals surface area contributed by atoms with Gasteiger partial charge in [-0.3, -0.25) is 14.5 Å². The molecule has 6 nitrogen and oxygen atoms in total. The van der Waals surface area contributed by atoms with Crippen LogP contribution in [0, 0.1) is 11.3 Å². The number of amides is 2. The lowest BCUT2D eigenvalue weighted by Gasteiger charge is -2.29. The average molecular weight is 409 g/mol. The van der Waals surface area contributed by atoms with E-state index in [9.17, 15) is 9.59 Å². The van der Waals surface area contributed by atoms with Gasteiger partial charge in [0.1, 0.15) is 0 Å². The van der Waals surface area contributed by atoms with Gasteiger partial charge in [0.05, 0.1) is 17.1 Å². The Labute approximate surface area is 178 Å². The first-order valence-electron chi connectivity index (χ1n) is 11.7. The van der Waals surface area contributed by atoms with Crippen molar-refractivity contribution in [1.29, 1.82) is 0 Å². The second kappa shape index (κ2) is 7.80. The van der Waals surface area contributed by atoms with E-state index in [0.717, 1.165) is 42.9 Å². The SMILES string of the molecule is CCC(=O)N(C(=O)[C@@H]1CCCN1CC1CC12CCCCC2)c1nc2ccccc2[nH]1. The largest absolute Gasteiger partial charge is 0.323 e. The molecule has 30 heavy (non-hydrogen) atoms. The number of rotatable bonds is 5. The highest BCUT2D eigenvalue weighted by Crippen LogP contribution is 2.61. The number of imide groups is 1. The summed E-state index contributed by atoms with van der Waals surface area (Å²) in [5.41, 5.74) is 2.18. The van der Waals surface area contributed by atoms with Crippen LogP contribution in [0.1, 0.15) is 64.7 Å². The molecule has 5 rings (SSSR count). The summed E-state index contributed by atoms with van der Waals surface area (Å²) in [7, 11) is 0. The van der Waals surface area contributed by atoms with E-state index in [-0.39, 0.29) is 24.3 Å². The first-order chi connectivity index (χ1) is 14.6. The van der Waals surface area contributed by atoms with Crippen molar-refractivity contribution in [3.63, 3.8) is 0 Å². The molecule has 1 aliphatic heterocycles. The van der Waals surface area contributed by atoms with Crippen LogP contribution < -0.4 is 4.90 Å². The van der Waals surface area contributed by atoms with E-state index in [1.54, 1.807) is 6.92 Å². The molecule has 1 aromatic carbocycles. The highest BCUT2D eigenvalue weighted by molar-refractivity contribution is 6.16. The topological polar surface area (TPSA) is 69.3 Å². The van der Waals surface area contributed by atoms with Crippen LogP contribution in [0.5, 0.6) is 0 Å². The Morgan fingerprint density at radius 1 is 1.20 bits per heavy atom. The molecule has 1 spiro atoms. The molecule has 1 N–H and O–H groups in total. The van der Waals surface area contributed by atoms with Gasteiger partial charge in [0.15, 0.2) is 0 Å². The summed E-state index contributed by atoms with van der Waals surface area (Å²) in [6.45, 7) is 3.76.